The van der Waals surface area contributed by atoms with Gasteiger partial charge in [0.2, 0.25) is 0 Å². The molecule has 1 N–H and O–H groups in total. The Kier molecular flexibility index (Phi) is 9.58. The number of rotatable bonds is 9. The van der Waals surface area contributed by atoms with Crippen LogP contribution < -0.4 is 0 Å². The summed E-state index contributed by atoms with van der Waals surface area (Å²) in [7, 11) is 0. The van der Waals surface area contributed by atoms with Crippen LogP contribution in [-0.2, 0) is 13.1 Å². The zero-order chi connectivity index (χ0) is 27.2. The molecule has 0 bridgehead atoms. The molecule has 2 aromatic rings. The Balaban J connectivity index is 1.32. The number of carboxylic acids is 1. The molecular formula is C31H44N4O3. The topological polar surface area (TPSA) is 67.3 Å². The van der Waals surface area contributed by atoms with Gasteiger partial charge in [0.1, 0.15) is 0 Å². The summed E-state index contributed by atoms with van der Waals surface area (Å²) in [6.07, 6.45) is 1.26. The number of piperazine rings is 2. The molecule has 2 fully saturated rings. The second kappa shape index (κ2) is 12.9. The van der Waals surface area contributed by atoms with Crippen molar-refractivity contribution in [1.29, 1.82) is 0 Å². The molecule has 2 atom stereocenters. The van der Waals surface area contributed by atoms with Crippen molar-refractivity contribution in [3.8, 4) is 0 Å². The average Bonchev–Trinajstić information content (AvgIpc) is 2.88. The first kappa shape index (κ1) is 28.3. The first-order valence-corrected chi connectivity index (χ1v) is 14.1. The van der Waals surface area contributed by atoms with Crippen LogP contribution in [-0.4, -0.2) is 94.5 Å². The molecule has 2 heterocycles. The van der Waals surface area contributed by atoms with Gasteiger partial charge in [-0.25, -0.2) is 4.79 Å². The lowest BCUT2D eigenvalue weighted by molar-refractivity contribution is 0.0268. The fourth-order valence-electron chi connectivity index (χ4n) is 5.79. The van der Waals surface area contributed by atoms with Crippen molar-refractivity contribution in [2.45, 2.75) is 59.3 Å². The zero-order valence-corrected chi connectivity index (χ0v) is 23.5. The fourth-order valence-corrected chi connectivity index (χ4v) is 5.79. The predicted molar refractivity (Wildman–Crippen MR) is 151 cm³/mol. The number of aromatic carboxylic acids is 1. The third-order valence-corrected chi connectivity index (χ3v) is 7.90. The number of hydrogen-bond acceptors (Lipinski definition) is 5. The van der Waals surface area contributed by atoms with Crippen molar-refractivity contribution in [3.63, 3.8) is 0 Å². The van der Waals surface area contributed by atoms with Gasteiger partial charge in [0.05, 0.1) is 5.56 Å². The highest BCUT2D eigenvalue weighted by Gasteiger charge is 2.33. The van der Waals surface area contributed by atoms with Crippen molar-refractivity contribution >= 4 is 11.9 Å². The van der Waals surface area contributed by atoms with Crippen LogP contribution in [0.15, 0.2) is 48.5 Å². The smallest absolute Gasteiger partial charge is 0.335 e. The normalized spacial score (nSPS) is 21.7. The molecule has 206 valence electrons. The van der Waals surface area contributed by atoms with E-state index in [9.17, 15) is 9.59 Å². The maximum absolute atomic E-state index is 13.6. The predicted octanol–water partition coefficient (Wildman–Crippen LogP) is 4.28. The Labute approximate surface area is 228 Å². The van der Waals surface area contributed by atoms with Crippen molar-refractivity contribution in [2.75, 3.05) is 45.8 Å². The zero-order valence-electron chi connectivity index (χ0n) is 23.5. The number of nitrogens with zero attached hydrogens (tertiary/aromatic N) is 4. The lowest BCUT2D eigenvalue weighted by Crippen LogP contribution is -2.58. The molecule has 7 heteroatoms. The number of amides is 1. The van der Waals surface area contributed by atoms with E-state index in [4.69, 9.17) is 5.11 Å². The molecule has 0 aromatic heterocycles. The summed E-state index contributed by atoms with van der Waals surface area (Å²) in [6, 6.07) is 15.5. The third kappa shape index (κ3) is 7.43. The molecule has 0 aliphatic carbocycles. The monoisotopic (exact) mass is 520 g/mol. The quantitative estimate of drug-likeness (QED) is 0.532. The van der Waals surface area contributed by atoms with Crippen LogP contribution >= 0.6 is 0 Å². The molecule has 2 aliphatic rings. The number of carbonyl (C=O) groups excluding carboxylic acids is 1. The molecule has 0 spiro atoms. The fraction of sp³-hybridized carbons (Fsp3) is 0.548. The van der Waals surface area contributed by atoms with E-state index in [0.717, 1.165) is 69.4 Å². The van der Waals surface area contributed by atoms with E-state index in [1.165, 1.54) is 18.5 Å². The van der Waals surface area contributed by atoms with E-state index in [0.29, 0.717) is 5.56 Å². The molecule has 7 nitrogen and oxygen atoms in total. The Morgan fingerprint density at radius 1 is 0.816 bits per heavy atom. The number of hydrogen-bond donors (Lipinski definition) is 1. The number of carboxylic acid groups (broad SMARTS) is 1. The van der Waals surface area contributed by atoms with Gasteiger partial charge in [-0.1, -0.05) is 38.1 Å². The summed E-state index contributed by atoms with van der Waals surface area (Å²) in [6.45, 7) is 17.6. The highest BCUT2D eigenvalue weighted by atomic mass is 16.4. The minimum atomic E-state index is -0.908. The SMILES string of the molecule is CC(C)CCN1CCN(Cc2cccc(C(=O)N3[C@H](C)CN(Cc4ccc(C(=O)O)cc4)C[C@@H]3C)c2)CC1. The first-order chi connectivity index (χ1) is 18.2. The maximum Gasteiger partial charge on any atom is 0.335 e. The van der Waals surface area contributed by atoms with Gasteiger partial charge in [0.15, 0.2) is 0 Å². The second-order valence-corrected chi connectivity index (χ2v) is 11.6. The molecular weight excluding hydrogens is 476 g/mol. The van der Waals surface area contributed by atoms with Gasteiger partial charge in [-0.05, 0) is 68.1 Å². The summed E-state index contributed by atoms with van der Waals surface area (Å²) in [5.74, 6) is -0.0509. The summed E-state index contributed by atoms with van der Waals surface area (Å²) in [5, 5.41) is 9.13. The van der Waals surface area contributed by atoms with Gasteiger partial charge in [-0.3, -0.25) is 14.6 Å². The standard InChI is InChI=1S/C31H44N4O3/c1-23(2)12-13-32-14-16-33(17-15-32)22-27-6-5-7-29(18-27)30(36)35-24(3)19-34(20-25(35)4)21-26-8-10-28(11-9-26)31(37)38/h5-11,18,23-25H,12-17,19-22H2,1-4H3,(H,37,38)/t24-,25+. The molecule has 38 heavy (non-hydrogen) atoms. The lowest BCUT2D eigenvalue weighted by atomic mass is 10.0. The van der Waals surface area contributed by atoms with E-state index in [2.05, 4.69) is 54.5 Å². The van der Waals surface area contributed by atoms with Crippen molar-refractivity contribution < 1.29 is 14.7 Å². The number of benzene rings is 2. The van der Waals surface area contributed by atoms with E-state index in [1.807, 2.05) is 29.2 Å². The Morgan fingerprint density at radius 3 is 2.03 bits per heavy atom. The lowest BCUT2D eigenvalue weighted by Gasteiger charge is -2.44. The highest BCUT2D eigenvalue weighted by Crippen LogP contribution is 2.22. The largest absolute Gasteiger partial charge is 0.478 e. The molecule has 2 aromatic carbocycles. The minimum Gasteiger partial charge on any atom is -0.478 e. The summed E-state index contributed by atoms with van der Waals surface area (Å²) in [4.78, 5) is 34.2. The van der Waals surface area contributed by atoms with Crippen molar-refractivity contribution in [3.05, 3.63) is 70.8 Å². The van der Waals surface area contributed by atoms with E-state index in [-0.39, 0.29) is 18.0 Å². The van der Waals surface area contributed by atoms with E-state index >= 15 is 0 Å². The molecule has 0 saturated carbocycles. The summed E-state index contributed by atoms with van der Waals surface area (Å²) >= 11 is 0. The van der Waals surface area contributed by atoms with Crippen molar-refractivity contribution in [1.82, 2.24) is 19.6 Å². The first-order valence-electron chi connectivity index (χ1n) is 14.1. The van der Waals surface area contributed by atoms with Crippen LogP contribution in [0, 0.1) is 5.92 Å². The Hall–Kier alpha value is -2.74. The second-order valence-electron chi connectivity index (χ2n) is 11.6. The van der Waals surface area contributed by atoms with Gasteiger partial charge >= 0.3 is 5.97 Å². The molecule has 0 unspecified atom stereocenters. The van der Waals surface area contributed by atoms with E-state index < -0.39 is 5.97 Å². The number of carbonyl (C=O) groups is 2. The van der Waals surface area contributed by atoms with Gasteiger partial charge in [-0.2, -0.15) is 0 Å². The molecule has 4 rings (SSSR count). The average molecular weight is 521 g/mol. The maximum atomic E-state index is 13.6. The molecule has 2 aliphatic heterocycles. The van der Waals surface area contributed by atoms with Crippen LogP contribution in [0.3, 0.4) is 0 Å². The molecule has 0 radical (unpaired) electrons. The van der Waals surface area contributed by atoms with Gasteiger partial charge in [-0.15, -0.1) is 0 Å². The Bertz CT molecular complexity index is 1070. The molecule has 2 saturated heterocycles. The third-order valence-electron chi connectivity index (χ3n) is 7.90. The van der Waals surface area contributed by atoms with Crippen LogP contribution in [0.4, 0.5) is 0 Å². The highest BCUT2D eigenvalue weighted by molar-refractivity contribution is 5.95. The summed E-state index contributed by atoms with van der Waals surface area (Å²) in [5.41, 5.74) is 3.37. The van der Waals surface area contributed by atoms with Gasteiger partial charge in [0.25, 0.3) is 5.91 Å². The van der Waals surface area contributed by atoms with Crippen LogP contribution in [0.1, 0.15) is 66.0 Å². The summed E-state index contributed by atoms with van der Waals surface area (Å²) < 4.78 is 0. The van der Waals surface area contributed by atoms with Crippen molar-refractivity contribution in [2.24, 2.45) is 5.92 Å². The molecule has 1 amide bonds. The van der Waals surface area contributed by atoms with Crippen LogP contribution in [0.2, 0.25) is 0 Å². The van der Waals surface area contributed by atoms with Crippen LogP contribution in [0.25, 0.3) is 0 Å². The van der Waals surface area contributed by atoms with E-state index in [1.54, 1.807) is 12.1 Å². The van der Waals surface area contributed by atoms with Gasteiger partial charge in [0, 0.05) is 70.0 Å². The minimum absolute atomic E-state index is 0.0899. The van der Waals surface area contributed by atoms with Gasteiger partial charge < -0.3 is 14.9 Å². The van der Waals surface area contributed by atoms with Crippen LogP contribution in [0.5, 0.6) is 0 Å². The Morgan fingerprint density at radius 2 is 1.42 bits per heavy atom.